The van der Waals surface area contributed by atoms with Crippen molar-refractivity contribution < 1.29 is 80.2 Å². The van der Waals surface area contributed by atoms with Gasteiger partial charge in [0, 0.05) is 25.7 Å². The molecule has 0 aliphatic rings. The molecule has 0 bridgehead atoms. The van der Waals surface area contributed by atoms with Crippen molar-refractivity contribution in [3.63, 3.8) is 0 Å². The Kier molecular flexibility index (Phi) is 65.0. The molecule has 0 spiro atoms. The normalized spacial score (nSPS) is 14.4. The minimum Gasteiger partial charge on any atom is -0.462 e. The zero-order valence-electron chi connectivity index (χ0n) is 63.0. The molecule has 19 heteroatoms. The predicted octanol–water partition coefficient (Wildman–Crippen LogP) is 22.4. The number of phosphoric ester groups is 2. The van der Waals surface area contributed by atoms with Crippen molar-refractivity contribution in [3.8, 4) is 0 Å². The first-order valence-electron chi connectivity index (χ1n) is 39.7. The average Bonchev–Trinajstić information content (AvgIpc) is 1.45. The van der Waals surface area contributed by atoms with Gasteiger partial charge in [0.2, 0.25) is 0 Å². The molecule has 0 fully saturated rings. The zero-order chi connectivity index (χ0) is 71.0. The first-order chi connectivity index (χ1) is 46.1. The number of carbonyl (C=O) groups excluding carboxylic acids is 4. The number of phosphoric acid groups is 2. The van der Waals surface area contributed by atoms with Gasteiger partial charge in [0.15, 0.2) is 12.2 Å². The van der Waals surface area contributed by atoms with E-state index in [9.17, 15) is 43.2 Å². The standard InChI is InChI=1S/C77H150O17P2/c1-9-70(8)56-48-40-35-36-42-50-58-75(80)88-64-73(94-77(82)60-52-44-34-26-22-18-14-16-20-24-30-38-46-54-68(4)5)66-92-96(85,86)90-62-71(78)61-89-95(83,84)91-65-72(63-87-74(79)57-49-41-32-28-27-31-39-47-55-69(6)7)93-76(81)59-51-43-33-25-21-17-13-11-10-12-15-19-23-29-37-45-53-67(2)3/h67-73,78H,9-66H2,1-8H3,(H,83,84)(H,85,86)/t70?,71-,72-,73-/m1/s1. The lowest BCUT2D eigenvalue weighted by Gasteiger charge is -2.21. The van der Waals surface area contributed by atoms with Gasteiger partial charge < -0.3 is 33.8 Å². The van der Waals surface area contributed by atoms with Crippen LogP contribution in [0.25, 0.3) is 0 Å². The summed E-state index contributed by atoms with van der Waals surface area (Å²) in [7, 11) is -9.91. The molecule has 0 aliphatic heterocycles. The third kappa shape index (κ3) is 69.2. The average molecular weight is 1410 g/mol. The van der Waals surface area contributed by atoms with Crippen LogP contribution in [0.3, 0.4) is 0 Å². The number of ether oxygens (including phenoxy) is 4. The number of hydrogen-bond donors (Lipinski definition) is 3. The van der Waals surface area contributed by atoms with E-state index in [2.05, 4.69) is 55.4 Å². The number of aliphatic hydroxyl groups excluding tert-OH is 1. The number of unbranched alkanes of at least 4 members (excludes halogenated alkanes) is 39. The van der Waals surface area contributed by atoms with Crippen LogP contribution in [0.5, 0.6) is 0 Å². The minimum absolute atomic E-state index is 0.106. The predicted molar refractivity (Wildman–Crippen MR) is 391 cm³/mol. The molecule has 0 radical (unpaired) electrons. The maximum atomic E-state index is 13.1. The summed E-state index contributed by atoms with van der Waals surface area (Å²) in [4.78, 5) is 72.8. The molecule has 6 atom stereocenters. The van der Waals surface area contributed by atoms with Crippen LogP contribution in [0, 0.1) is 23.7 Å². The van der Waals surface area contributed by atoms with Crippen LogP contribution in [0.15, 0.2) is 0 Å². The SMILES string of the molecule is CCC(C)CCCCCCCCC(=O)OC[C@H](COP(=O)(O)OC[C@H](O)COP(=O)(O)OC[C@@H](COC(=O)CCCCCCCCCCC(C)C)OC(=O)CCCCCCCCCCCCCCCCCCC(C)C)OC(=O)CCCCCCCCCCCCCCCC(C)C. The molecule has 570 valence electrons. The highest BCUT2D eigenvalue weighted by Gasteiger charge is 2.30. The lowest BCUT2D eigenvalue weighted by Crippen LogP contribution is -2.30. The Hall–Kier alpha value is -1.94. The van der Waals surface area contributed by atoms with Gasteiger partial charge >= 0.3 is 39.5 Å². The summed E-state index contributed by atoms with van der Waals surface area (Å²) in [6, 6.07) is 0. The van der Waals surface area contributed by atoms with Crippen molar-refractivity contribution in [3.05, 3.63) is 0 Å². The molecule has 0 aromatic carbocycles. The van der Waals surface area contributed by atoms with Gasteiger partial charge in [0.25, 0.3) is 0 Å². The summed E-state index contributed by atoms with van der Waals surface area (Å²) < 4.78 is 68.5. The maximum absolute atomic E-state index is 13.1. The van der Waals surface area contributed by atoms with Crippen LogP contribution < -0.4 is 0 Å². The monoisotopic (exact) mass is 1410 g/mol. The number of rotatable bonds is 74. The highest BCUT2D eigenvalue weighted by molar-refractivity contribution is 7.47. The lowest BCUT2D eigenvalue weighted by atomic mass is 10.00. The molecule has 0 aliphatic carbocycles. The van der Waals surface area contributed by atoms with Crippen molar-refractivity contribution >= 4 is 39.5 Å². The lowest BCUT2D eigenvalue weighted by molar-refractivity contribution is -0.161. The summed E-state index contributed by atoms with van der Waals surface area (Å²) in [5.41, 5.74) is 0. The molecule has 3 N–H and O–H groups in total. The van der Waals surface area contributed by atoms with E-state index in [1.165, 1.54) is 186 Å². The van der Waals surface area contributed by atoms with E-state index >= 15 is 0 Å². The highest BCUT2D eigenvalue weighted by Crippen LogP contribution is 2.45. The minimum atomic E-state index is -4.96. The van der Waals surface area contributed by atoms with E-state index < -0.39 is 97.5 Å². The Balaban J connectivity index is 5.22. The Bertz CT molecular complexity index is 1890. The first kappa shape index (κ1) is 94.1. The van der Waals surface area contributed by atoms with Crippen molar-refractivity contribution in [2.24, 2.45) is 23.7 Å². The fourth-order valence-corrected chi connectivity index (χ4v) is 13.3. The van der Waals surface area contributed by atoms with Gasteiger partial charge in [0.05, 0.1) is 26.4 Å². The third-order valence-corrected chi connectivity index (χ3v) is 20.1. The van der Waals surface area contributed by atoms with E-state index in [1.807, 2.05) is 0 Å². The third-order valence-electron chi connectivity index (χ3n) is 18.2. The van der Waals surface area contributed by atoms with Crippen LogP contribution in [0.1, 0.15) is 389 Å². The summed E-state index contributed by atoms with van der Waals surface area (Å²) in [5, 5.41) is 10.6. The summed E-state index contributed by atoms with van der Waals surface area (Å²) >= 11 is 0. The van der Waals surface area contributed by atoms with Crippen molar-refractivity contribution in [2.75, 3.05) is 39.6 Å². The molecule has 96 heavy (non-hydrogen) atoms. The van der Waals surface area contributed by atoms with E-state index in [-0.39, 0.29) is 25.7 Å². The zero-order valence-corrected chi connectivity index (χ0v) is 64.8. The largest absolute Gasteiger partial charge is 0.472 e. The molecule has 0 saturated heterocycles. The molecule has 0 rings (SSSR count). The molecular weight excluding hydrogens is 1260 g/mol. The Labute approximate surface area is 588 Å². The number of esters is 4. The summed E-state index contributed by atoms with van der Waals surface area (Å²) in [6.45, 7) is 14.2. The molecule has 17 nitrogen and oxygen atoms in total. The van der Waals surface area contributed by atoms with Gasteiger partial charge in [-0.2, -0.15) is 0 Å². The van der Waals surface area contributed by atoms with Crippen LogP contribution in [-0.4, -0.2) is 96.7 Å². The van der Waals surface area contributed by atoms with Crippen molar-refractivity contribution in [1.82, 2.24) is 0 Å². The van der Waals surface area contributed by atoms with Gasteiger partial charge in [-0.1, -0.05) is 338 Å². The van der Waals surface area contributed by atoms with Gasteiger partial charge in [0.1, 0.15) is 19.3 Å². The van der Waals surface area contributed by atoms with Gasteiger partial charge in [-0.05, 0) is 49.4 Å². The number of hydrogen-bond acceptors (Lipinski definition) is 15. The summed E-state index contributed by atoms with van der Waals surface area (Å²) in [5.74, 6) is 0.932. The van der Waals surface area contributed by atoms with Gasteiger partial charge in [-0.15, -0.1) is 0 Å². The Morgan fingerprint density at radius 1 is 0.292 bits per heavy atom. The van der Waals surface area contributed by atoms with Gasteiger partial charge in [-0.25, -0.2) is 9.13 Å². The number of carbonyl (C=O) groups is 4. The maximum Gasteiger partial charge on any atom is 0.472 e. The van der Waals surface area contributed by atoms with Crippen molar-refractivity contribution in [1.29, 1.82) is 0 Å². The number of aliphatic hydroxyl groups is 1. The van der Waals surface area contributed by atoms with Crippen molar-refractivity contribution in [2.45, 2.75) is 408 Å². The van der Waals surface area contributed by atoms with E-state index in [1.54, 1.807) is 0 Å². The van der Waals surface area contributed by atoms with Gasteiger partial charge in [-0.3, -0.25) is 37.3 Å². The Morgan fingerprint density at radius 2 is 0.500 bits per heavy atom. The molecule has 0 saturated carbocycles. The van der Waals surface area contributed by atoms with Crippen LogP contribution in [0.4, 0.5) is 0 Å². The molecule has 0 heterocycles. The second kappa shape index (κ2) is 66.3. The second-order valence-corrected chi connectivity index (χ2v) is 32.3. The molecular formula is C77H150O17P2. The fourth-order valence-electron chi connectivity index (χ4n) is 11.7. The van der Waals surface area contributed by atoms with Crippen LogP contribution in [-0.2, 0) is 65.4 Å². The second-order valence-electron chi connectivity index (χ2n) is 29.4. The smallest absolute Gasteiger partial charge is 0.462 e. The van der Waals surface area contributed by atoms with E-state index in [4.69, 9.17) is 37.0 Å². The van der Waals surface area contributed by atoms with Crippen LogP contribution in [0.2, 0.25) is 0 Å². The van der Waals surface area contributed by atoms with E-state index in [0.717, 1.165) is 120 Å². The molecule has 0 aromatic rings. The molecule has 0 amide bonds. The van der Waals surface area contributed by atoms with Crippen LogP contribution >= 0.6 is 15.6 Å². The topological polar surface area (TPSA) is 237 Å². The fraction of sp³-hybridized carbons (Fsp3) is 0.948. The first-order valence-corrected chi connectivity index (χ1v) is 42.7. The quantitative estimate of drug-likeness (QED) is 0.0222. The Morgan fingerprint density at radius 3 is 0.740 bits per heavy atom. The molecule has 0 aromatic heterocycles. The van der Waals surface area contributed by atoms with E-state index in [0.29, 0.717) is 25.7 Å². The highest BCUT2D eigenvalue weighted by atomic mass is 31.2. The summed E-state index contributed by atoms with van der Waals surface area (Å²) in [6.07, 6.45) is 51.4. The molecule has 3 unspecified atom stereocenters.